The second-order valence-electron chi connectivity index (χ2n) is 6.45. The summed E-state index contributed by atoms with van der Waals surface area (Å²) in [6, 6.07) is 0. The van der Waals surface area contributed by atoms with Gasteiger partial charge < -0.3 is 0 Å². The Morgan fingerprint density at radius 3 is 2.13 bits per heavy atom. The molecule has 0 radical (unpaired) electrons. The maximum atomic E-state index is 14.5. The second-order valence-corrected chi connectivity index (χ2v) is 6.45. The molecule has 0 spiro atoms. The van der Waals surface area contributed by atoms with E-state index in [-0.39, 0.29) is 6.42 Å². The van der Waals surface area contributed by atoms with Crippen LogP contribution in [0.3, 0.4) is 0 Å². The van der Waals surface area contributed by atoms with E-state index in [1.165, 1.54) is 0 Å². The lowest BCUT2D eigenvalue weighted by Gasteiger charge is -2.28. The topological polar surface area (TPSA) is 0 Å². The van der Waals surface area contributed by atoms with Crippen molar-refractivity contribution in [2.24, 2.45) is 0 Å². The van der Waals surface area contributed by atoms with Gasteiger partial charge in [-0.05, 0) is 33.1 Å². The van der Waals surface area contributed by atoms with E-state index in [0.29, 0.717) is 12.8 Å². The van der Waals surface area contributed by atoms with Gasteiger partial charge in [0.05, 0.1) is 0 Å². The van der Waals surface area contributed by atoms with E-state index in [0.717, 1.165) is 18.4 Å². The third kappa shape index (κ3) is 3.36. The van der Waals surface area contributed by atoms with E-state index >= 15 is 0 Å². The van der Waals surface area contributed by atoms with Gasteiger partial charge in [-0.25, -0.2) is 17.6 Å². The van der Waals surface area contributed by atoms with E-state index in [1.807, 2.05) is 13.8 Å². The Morgan fingerprint density at radius 2 is 1.61 bits per heavy atom. The molecule has 1 unspecified atom stereocenters. The summed E-state index contributed by atoms with van der Waals surface area (Å²) in [5, 5.41) is 0. The van der Waals surface area contributed by atoms with Gasteiger partial charge in [0.25, 0.3) is 0 Å². The molecule has 1 aliphatic rings. The minimum Gasteiger partial charge on any atom is -0.203 e. The van der Waals surface area contributed by atoms with Gasteiger partial charge in [0, 0.05) is 16.5 Å². The first-order valence-electron chi connectivity index (χ1n) is 8.03. The van der Waals surface area contributed by atoms with Gasteiger partial charge in [-0.2, -0.15) is 0 Å². The van der Waals surface area contributed by atoms with E-state index in [4.69, 9.17) is 0 Å². The van der Waals surface area contributed by atoms with E-state index < -0.39 is 39.8 Å². The van der Waals surface area contributed by atoms with Gasteiger partial charge in [-0.3, -0.25) is 0 Å². The zero-order valence-electron chi connectivity index (χ0n) is 13.8. The number of hydrogen-bond acceptors (Lipinski definition) is 0. The predicted molar refractivity (Wildman–Crippen MR) is 84.4 cm³/mol. The minimum absolute atomic E-state index is 0.00104. The van der Waals surface area contributed by atoms with Crippen LogP contribution in [-0.2, 0) is 11.8 Å². The first-order chi connectivity index (χ1) is 10.8. The van der Waals surface area contributed by atoms with Crippen LogP contribution in [0.1, 0.15) is 57.6 Å². The molecule has 1 atom stereocenters. The van der Waals surface area contributed by atoms with Crippen molar-refractivity contribution in [3.05, 3.63) is 58.2 Å². The van der Waals surface area contributed by atoms with Gasteiger partial charge in [0.15, 0.2) is 23.3 Å². The smallest absolute Gasteiger partial charge is 0.166 e. The van der Waals surface area contributed by atoms with Crippen LogP contribution in [0, 0.1) is 23.3 Å². The van der Waals surface area contributed by atoms with Crippen LogP contribution < -0.4 is 0 Å². The highest BCUT2D eigenvalue weighted by atomic mass is 19.2. The summed E-state index contributed by atoms with van der Waals surface area (Å²) in [5.74, 6) is -5.09. The number of hydrogen-bond donors (Lipinski definition) is 0. The fourth-order valence-corrected chi connectivity index (χ4v) is 3.19. The van der Waals surface area contributed by atoms with Crippen LogP contribution in [-0.4, -0.2) is 0 Å². The molecular weight excluding hydrogens is 304 g/mol. The van der Waals surface area contributed by atoms with Crippen LogP contribution >= 0.6 is 0 Å². The first-order valence-corrected chi connectivity index (χ1v) is 8.03. The Morgan fingerprint density at radius 1 is 1.00 bits per heavy atom. The fraction of sp³-hybridized carbons (Fsp3) is 0.474. The second kappa shape index (κ2) is 6.90. The summed E-state index contributed by atoms with van der Waals surface area (Å²) < 4.78 is 57.7. The summed E-state index contributed by atoms with van der Waals surface area (Å²) in [5.41, 5.74) is -1.31. The quantitative estimate of drug-likeness (QED) is 0.264. The molecule has 1 aromatic rings. The fourth-order valence-electron chi connectivity index (χ4n) is 3.19. The van der Waals surface area contributed by atoms with Crippen molar-refractivity contribution in [3.63, 3.8) is 0 Å². The Bertz CT molecular complexity index is 629. The van der Waals surface area contributed by atoms with Crippen molar-refractivity contribution >= 4 is 0 Å². The summed E-state index contributed by atoms with van der Waals surface area (Å²) in [7, 11) is 0. The largest absolute Gasteiger partial charge is 0.203 e. The average molecular weight is 326 g/mol. The molecule has 4 heteroatoms. The van der Waals surface area contributed by atoms with Crippen LogP contribution in [0.15, 0.2) is 23.8 Å². The molecule has 1 aromatic carbocycles. The maximum absolute atomic E-state index is 14.5. The standard InChI is InChI=1S/C19H22F4/c1-4-5-6-9-13-15(20)17(22)14(18(23)16(13)21)19(3)10-7-8-12(2)11-19/h7,10-11H,4-6,8-9H2,1-3H3. The molecule has 23 heavy (non-hydrogen) atoms. The molecule has 2 rings (SSSR count). The average Bonchev–Trinajstić information content (AvgIpc) is 2.48. The van der Waals surface area contributed by atoms with Crippen LogP contribution in [0.4, 0.5) is 17.6 Å². The Hall–Kier alpha value is -1.58. The summed E-state index contributed by atoms with van der Waals surface area (Å²) in [4.78, 5) is 0. The molecule has 0 heterocycles. The molecule has 0 aliphatic heterocycles. The highest BCUT2D eigenvalue weighted by Crippen LogP contribution is 2.38. The van der Waals surface area contributed by atoms with Crippen molar-refractivity contribution in [1.82, 2.24) is 0 Å². The number of benzene rings is 1. The lowest BCUT2D eigenvalue weighted by Crippen LogP contribution is -2.25. The third-order valence-electron chi connectivity index (χ3n) is 4.37. The van der Waals surface area contributed by atoms with Gasteiger partial charge in [0.2, 0.25) is 0 Å². The van der Waals surface area contributed by atoms with Crippen LogP contribution in [0.25, 0.3) is 0 Å². The molecule has 0 N–H and O–H groups in total. The summed E-state index contributed by atoms with van der Waals surface area (Å²) in [6.45, 7) is 5.33. The third-order valence-corrected chi connectivity index (χ3v) is 4.37. The van der Waals surface area contributed by atoms with Crippen molar-refractivity contribution in [1.29, 1.82) is 0 Å². The minimum atomic E-state index is -1.28. The van der Waals surface area contributed by atoms with E-state index in [9.17, 15) is 17.6 Å². The molecule has 0 saturated carbocycles. The molecule has 0 fully saturated rings. The Kier molecular flexibility index (Phi) is 5.33. The summed E-state index contributed by atoms with van der Waals surface area (Å²) in [6.07, 6.45) is 7.80. The number of rotatable bonds is 5. The Balaban J connectivity index is 2.55. The maximum Gasteiger partial charge on any atom is 0.166 e. The predicted octanol–water partition coefficient (Wildman–Crippen LogP) is 6.14. The highest BCUT2D eigenvalue weighted by Gasteiger charge is 2.35. The molecule has 0 amide bonds. The molecule has 0 saturated heterocycles. The number of unbranched alkanes of at least 4 members (excludes halogenated alkanes) is 2. The highest BCUT2D eigenvalue weighted by molar-refractivity contribution is 5.44. The molecule has 1 aliphatic carbocycles. The van der Waals surface area contributed by atoms with Gasteiger partial charge in [-0.15, -0.1) is 0 Å². The molecular formula is C19H22F4. The normalized spacial score (nSPS) is 20.7. The number of allylic oxidation sites excluding steroid dienone is 4. The van der Waals surface area contributed by atoms with Gasteiger partial charge in [-0.1, -0.05) is 43.6 Å². The van der Waals surface area contributed by atoms with Crippen molar-refractivity contribution in [2.45, 2.75) is 58.3 Å². The van der Waals surface area contributed by atoms with Crippen molar-refractivity contribution < 1.29 is 17.6 Å². The van der Waals surface area contributed by atoms with Crippen molar-refractivity contribution in [2.75, 3.05) is 0 Å². The van der Waals surface area contributed by atoms with Crippen LogP contribution in [0.5, 0.6) is 0 Å². The zero-order chi connectivity index (χ0) is 17.2. The molecule has 0 nitrogen and oxygen atoms in total. The van der Waals surface area contributed by atoms with E-state index in [2.05, 4.69) is 0 Å². The SMILES string of the molecule is CCCCCc1c(F)c(F)c(C2(C)C=CCC(C)=C2)c(F)c1F. The molecule has 0 aromatic heterocycles. The lowest BCUT2D eigenvalue weighted by atomic mass is 9.76. The first kappa shape index (κ1) is 17.8. The zero-order valence-corrected chi connectivity index (χ0v) is 13.8. The van der Waals surface area contributed by atoms with E-state index in [1.54, 1.807) is 25.2 Å². The number of halogens is 4. The monoisotopic (exact) mass is 326 g/mol. The van der Waals surface area contributed by atoms with Gasteiger partial charge in [0.1, 0.15) is 0 Å². The molecule has 0 bridgehead atoms. The summed E-state index contributed by atoms with van der Waals surface area (Å²) >= 11 is 0. The lowest BCUT2D eigenvalue weighted by molar-refractivity contribution is 0.410. The molecule has 126 valence electrons. The van der Waals surface area contributed by atoms with Crippen molar-refractivity contribution in [3.8, 4) is 0 Å². The van der Waals surface area contributed by atoms with Gasteiger partial charge >= 0.3 is 0 Å². The Labute approximate surface area is 134 Å². The van der Waals surface area contributed by atoms with Crippen LogP contribution in [0.2, 0.25) is 0 Å².